The zero-order chi connectivity index (χ0) is 18.4. The minimum absolute atomic E-state index is 0. The lowest BCUT2D eigenvalue weighted by Gasteiger charge is -2.32. The van der Waals surface area contributed by atoms with Crippen molar-refractivity contribution in [3.05, 3.63) is 40.0 Å². The smallest absolute Gasteiger partial charge is 0.191 e. The Hall–Kier alpha value is -1.46. The fourth-order valence-corrected chi connectivity index (χ4v) is 3.55. The number of hydrogen-bond acceptors (Lipinski definition) is 6. The number of halogens is 1. The summed E-state index contributed by atoms with van der Waals surface area (Å²) in [6.45, 7) is 8.02. The Kier molecular flexibility index (Phi) is 8.71. The molecule has 1 saturated heterocycles. The molecular weight excluding hydrogens is 475 g/mol. The quantitative estimate of drug-likeness (QED) is 0.372. The molecule has 1 unspecified atom stereocenters. The molecule has 0 bridgehead atoms. The van der Waals surface area contributed by atoms with Crippen molar-refractivity contribution < 1.29 is 4.74 Å². The maximum absolute atomic E-state index is 5.61. The average Bonchev–Trinajstić information content (AvgIpc) is 3.07. The van der Waals surface area contributed by atoms with E-state index in [4.69, 9.17) is 4.74 Å². The SMILES string of the molecule is CN=C(NCc1ccnc(N2CCOC(C)C2)c1)NCc1ncc(C)s1.I. The molecule has 7 nitrogen and oxygen atoms in total. The third kappa shape index (κ3) is 6.58. The summed E-state index contributed by atoms with van der Waals surface area (Å²) in [6, 6.07) is 4.15. The molecule has 9 heteroatoms. The van der Waals surface area contributed by atoms with Gasteiger partial charge in [-0.3, -0.25) is 4.99 Å². The molecule has 2 aromatic rings. The number of hydrogen-bond donors (Lipinski definition) is 2. The molecule has 2 aromatic heterocycles. The lowest BCUT2D eigenvalue weighted by atomic mass is 10.2. The monoisotopic (exact) mass is 502 g/mol. The average molecular weight is 502 g/mol. The minimum Gasteiger partial charge on any atom is -0.375 e. The highest BCUT2D eigenvalue weighted by atomic mass is 127. The number of anilines is 1. The van der Waals surface area contributed by atoms with Gasteiger partial charge in [0.1, 0.15) is 10.8 Å². The number of aliphatic imine (C=N–C) groups is 1. The van der Waals surface area contributed by atoms with Gasteiger partial charge in [-0.1, -0.05) is 0 Å². The first-order chi connectivity index (χ1) is 12.6. The van der Waals surface area contributed by atoms with Crippen molar-refractivity contribution in [2.75, 3.05) is 31.6 Å². The van der Waals surface area contributed by atoms with Gasteiger partial charge in [-0.25, -0.2) is 9.97 Å². The second-order valence-electron chi connectivity index (χ2n) is 6.29. The van der Waals surface area contributed by atoms with Gasteiger partial charge in [0, 0.05) is 44.0 Å². The molecule has 0 radical (unpaired) electrons. The van der Waals surface area contributed by atoms with Crippen molar-refractivity contribution in [3.8, 4) is 0 Å². The maximum Gasteiger partial charge on any atom is 0.191 e. The summed E-state index contributed by atoms with van der Waals surface area (Å²) in [5, 5.41) is 7.70. The number of morpholine rings is 1. The maximum atomic E-state index is 5.61. The van der Waals surface area contributed by atoms with Crippen LogP contribution in [-0.4, -0.2) is 48.8 Å². The highest BCUT2D eigenvalue weighted by molar-refractivity contribution is 14.0. The third-order valence-corrected chi connectivity index (χ3v) is 5.05. The van der Waals surface area contributed by atoms with Crippen LogP contribution < -0.4 is 15.5 Å². The number of ether oxygens (including phenoxy) is 1. The molecular formula is C18H27IN6OS. The summed E-state index contributed by atoms with van der Waals surface area (Å²) in [4.78, 5) is 16.6. The Morgan fingerprint density at radius 1 is 1.37 bits per heavy atom. The Balaban J connectivity index is 0.00000261. The summed E-state index contributed by atoms with van der Waals surface area (Å²) < 4.78 is 5.61. The molecule has 0 aromatic carbocycles. The van der Waals surface area contributed by atoms with Crippen LogP contribution in [0.2, 0.25) is 0 Å². The highest BCUT2D eigenvalue weighted by Crippen LogP contribution is 2.16. The second kappa shape index (κ2) is 10.8. The molecule has 1 aliphatic heterocycles. The van der Waals surface area contributed by atoms with Gasteiger partial charge < -0.3 is 20.3 Å². The lowest BCUT2D eigenvalue weighted by molar-refractivity contribution is 0.0529. The molecule has 0 spiro atoms. The number of nitrogens with one attached hydrogen (secondary N) is 2. The molecule has 3 rings (SSSR count). The van der Waals surface area contributed by atoms with Gasteiger partial charge in [0.15, 0.2) is 5.96 Å². The lowest BCUT2D eigenvalue weighted by Crippen LogP contribution is -2.41. The summed E-state index contributed by atoms with van der Waals surface area (Å²) in [6.07, 6.45) is 3.99. The normalized spacial score (nSPS) is 17.4. The van der Waals surface area contributed by atoms with Crippen LogP contribution in [0.1, 0.15) is 22.4 Å². The molecule has 0 saturated carbocycles. The molecule has 27 heavy (non-hydrogen) atoms. The van der Waals surface area contributed by atoms with Crippen LogP contribution in [0.5, 0.6) is 0 Å². The van der Waals surface area contributed by atoms with Crippen molar-refractivity contribution in [1.82, 2.24) is 20.6 Å². The van der Waals surface area contributed by atoms with E-state index in [1.807, 2.05) is 18.5 Å². The molecule has 1 fully saturated rings. The minimum atomic E-state index is 0. The number of aryl methyl sites for hydroxylation is 1. The Bertz CT molecular complexity index is 753. The zero-order valence-electron chi connectivity index (χ0n) is 15.9. The molecule has 3 heterocycles. The van der Waals surface area contributed by atoms with Gasteiger partial charge in [0.25, 0.3) is 0 Å². The van der Waals surface area contributed by atoms with Crippen molar-refractivity contribution >= 4 is 47.1 Å². The molecule has 2 N–H and O–H groups in total. The van der Waals surface area contributed by atoms with Gasteiger partial charge in [0.2, 0.25) is 0 Å². The van der Waals surface area contributed by atoms with E-state index in [0.717, 1.165) is 36.5 Å². The molecule has 0 amide bonds. The van der Waals surface area contributed by atoms with E-state index >= 15 is 0 Å². The predicted octanol–water partition coefficient (Wildman–Crippen LogP) is 2.55. The van der Waals surface area contributed by atoms with Gasteiger partial charge in [-0.05, 0) is 31.5 Å². The predicted molar refractivity (Wildman–Crippen MR) is 121 cm³/mol. The van der Waals surface area contributed by atoms with Crippen LogP contribution in [-0.2, 0) is 17.8 Å². The van der Waals surface area contributed by atoms with Crippen LogP contribution in [0.3, 0.4) is 0 Å². The number of pyridine rings is 1. The van der Waals surface area contributed by atoms with Crippen LogP contribution in [0, 0.1) is 6.92 Å². The standard InChI is InChI=1S/C18H26N6OS.HI/c1-13-12-24(6-7-25-13)16-8-15(4-5-20-16)10-22-18(19-3)23-11-17-21-9-14(2)26-17;/h4-5,8-9,13H,6-7,10-12H2,1-3H3,(H2,19,22,23);1H. The topological polar surface area (TPSA) is 74.7 Å². The van der Waals surface area contributed by atoms with Gasteiger partial charge in [-0.15, -0.1) is 35.3 Å². The second-order valence-corrected chi connectivity index (χ2v) is 7.61. The summed E-state index contributed by atoms with van der Waals surface area (Å²) in [7, 11) is 1.77. The molecule has 148 valence electrons. The Morgan fingerprint density at radius 2 is 2.19 bits per heavy atom. The van der Waals surface area contributed by atoms with Gasteiger partial charge in [-0.2, -0.15) is 0 Å². The van der Waals surface area contributed by atoms with E-state index in [2.05, 4.69) is 50.4 Å². The largest absolute Gasteiger partial charge is 0.375 e. The molecule has 1 atom stereocenters. The Morgan fingerprint density at radius 3 is 2.89 bits per heavy atom. The number of nitrogens with zero attached hydrogens (tertiary/aromatic N) is 4. The van der Waals surface area contributed by atoms with E-state index in [1.165, 1.54) is 10.4 Å². The van der Waals surface area contributed by atoms with E-state index < -0.39 is 0 Å². The van der Waals surface area contributed by atoms with Crippen molar-refractivity contribution in [3.63, 3.8) is 0 Å². The zero-order valence-corrected chi connectivity index (χ0v) is 19.1. The summed E-state index contributed by atoms with van der Waals surface area (Å²) >= 11 is 1.69. The van der Waals surface area contributed by atoms with Gasteiger partial charge in [0.05, 0.1) is 19.3 Å². The van der Waals surface area contributed by atoms with Crippen LogP contribution in [0.25, 0.3) is 0 Å². The van der Waals surface area contributed by atoms with Crippen molar-refractivity contribution in [2.45, 2.75) is 33.0 Å². The van der Waals surface area contributed by atoms with Crippen LogP contribution in [0.15, 0.2) is 29.5 Å². The third-order valence-electron chi connectivity index (χ3n) is 4.13. The highest BCUT2D eigenvalue weighted by Gasteiger charge is 2.18. The number of aromatic nitrogens is 2. The van der Waals surface area contributed by atoms with Crippen molar-refractivity contribution in [2.24, 2.45) is 4.99 Å². The molecule has 1 aliphatic rings. The van der Waals surface area contributed by atoms with Crippen molar-refractivity contribution in [1.29, 1.82) is 0 Å². The first-order valence-electron chi connectivity index (χ1n) is 8.81. The number of rotatable bonds is 5. The first kappa shape index (κ1) is 21.8. The summed E-state index contributed by atoms with van der Waals surface area (Å²) in [5.74, 6) is 1.76. The first-order valence-corrected chi connectivity index (χ1v) is 9.63. The van der Waals surface area contributed by atoms with E-state index in [-0.39, 0.29) is 30.1 Å². The van der Waals surface area contributed by atoms with Crippen LogP contribution >= 0.6 is 35.3 Å². The fraction of sp³-hybridized carbons (Fsp3) is 0.500. The van der Waals surface area contributed by atoms with E-state index in [0.29, 0.717) is 13.1 Å². The summed E-state index contributed by atoms with van der Waals surface area (Å²) in [5.41, 5.74) is 1.17. The van der Waals surface area contributed by atoms with E-state index in [1.54, 1.807) is 18.4 Å². The van der Waals surface area contributed by atoms with E-state index in [9.17, 15) is 0 Å². The fourth-order valence-electron chi connectivity index (χ4n) is 2.82. The Labute approximate surface area is 181 Å². The number of guanidine groups is 1. The molecule has 0 aliphatic carbocycles. The number of thiazole rings is 1. The van der Waals surface area contributed by atoms with Gasteiger partial charge >= 0.3 is 0 Å². The van der Waals surface area contributed by atoms with Crippen LogP contribution in [0.4, 0.5) is 5.82 Å².